The third-order valence-corrected chi connectivity index (χ3v) is 10.8. The van der Waals surface area contributed by atoms with E-state index in [1.54, 1.807) is 10.6 Å². The molecule has 2 aromatic carbocycles. The Morgan fingerprint density at radius 3 is 1.44 bits per heavy atom. The van der Waals surface area contributed by atoms with Crippen LogP contribution in [0.3, 0.4) is 0 Å². The van der Waals surface area contributed by atoms with Crippen molar-refractivity contribution in [2.75, 3.05) is 19.5 Å². The van der Waals surface area contributed by atoms with Crippen LogP contribution in [0.4, 0.5) is 0 Å². The van der Waals surface area contributed by atoms with Gasteiger partial charge in [0, 0.05) is 46.5 Å². The number of aromatic nitrogens is 2. The predicted molar refractivity (Wildman–Crippen MR) is 226 cm³/mol. The van der Waals surface area contributed by atoms with Crippen molar-refractivity contribution < 1.29 is 19.4 Å². The standard InChI is InChI=1S/C21H29NO2S.C20H27NO3.C4H8O/c1-4-5-6-7-8-9-13-18-16(2)21(24)17-12-10-11-14-19(17)22(18)15-20(23)25-3;1-3-4-5-6-7-8-12-17-15(2)20(24)16-11-9-10-13-18(16)21(17)14-19(22)23;1-2-4-5-3-1/h10-12,14H,4-9,13,15H2,1-3H3;9-11,13H,3-8,12,14H2,1-2H3,(H,22,23);1-4H2. The minimum absolute atomic E-state index is 0.0215. The molecule has 0 radical (unpaired) electrons. The smallest absolute Gasteiger partial charge is 0.323 e. The molecule has 1 fully saturated rings. The topological polar surface area (TPSA) is 108 Å². The molecule has 4 aromatic rings. The summed E-state index contributed by atoms with van der Waals surface area (Å²) in [6.07, 6.45) is 20.3. The third kappa shape index (κ3) is 13.6. The number of carboxylic acids is 1. The lowest BCUT2D eigenvalue weighted by molar-refractivity contribution is -0.137. The van der Waals surface area contributed by atoms with Crippen LogP contribution in [-0.4, -0.2) is 44.8 Å². The molecule has 1 N–H and O–H groups in total. The lowest BCUT2D eigenvalue weighted by Crippen LogP contribution is -2.21. The number of rotatable bonds is 18. The molecule has 0 aliphatic carbocycles. The number of unbranched alkanes of at least 4 members (excludes halogenated alkanes) is 10. The van der Waals surface area contributed by atoms with Crippen LogP contribution in [0.25, 0.3) is 21.8 Å². The molecule has 0 bridgehead atoms. The number of pyridine rings is 2. The summed E-state index contributed by atoms with van der Waals surface area (Å²) in [4.78, 5) is 48.7. The van der Waals surface area contributed by atoms with Crippen LogP contribution in [-0.2, 0) is 40.3 Å². The summed E-state index contributed by atoms with van der Waals surface area (Å²) in [5.41, 5.74) is 5.10. The van der Waals surface area contributed by atoms with E-state index in [1.165, 1.54) is 82.4 Å². The van der Waals surface area contributed by atoms with Gasteiger partial charge in [-0.2, -0.15) is 0 Å². The van der Waals surface area contributed by atoms with Crippen molar-refractivity contribution in [3.05, 3.63) is 91.5 Å². The molecule has 0 saturated carbocycles. The molecule has 0 atom stereocenters. The van der Waals surface area contributed by atoms with Crippen molar-refractivity contribution in [1.82, 2.24) is 9.13 Å². The Kier molecular flexibility index (Phi) is 20.4. The van der Waals surface area contributed by atoms with Gasteiger partial charge in [-0.25, -0.2) is 0 Å². The second kappa shape index (κ2) is 24.7. The number of hydrogen-bond donors (Lipinski definition) is 1. The molecule has 3 heterocycles. The highest BCUT2D eigenvalue weighted by atomic mass is 32.2. The van der Waals surface area contributed by atoms with E-state index < -0.39 is 5.97 Å². The Balaban J connectivity index is 0.000000256. The first-order valence-electron chi connectivity index (χ1n) is 20.2. The first-order valence-corrected chi connectivity index (χ1v) is 21.5. The number of ether oxygens (including phenoxy) is 1. The zero-order valence-corrected chi connectivity index (χ0v) is 34.4. The SMILES string of the molecule is C1CCOC1.CCCCCCCCc1c(C)c(=O)c2ccccc2n1CC(=O)O.CCCCCCCCc1c(C)c(=O)c2ccccc2n1CC(=O)SC. The molecule has 1 aliphatic heterocycles. The Labute approximate surface area is 326 Å². The van der Waals surface area contributed by atoms with E-state index in [-0.39, 0.29) is 22.5 Å². The number of fused-ring (bicyclic) bond motifs is 2. The number of hydrogen-bond acceptors (Lipinski definition) is 6. The summed E-state index contributed by atoms with van der Waals surface area (Å²) in [5, 5.41) is 10.7. The first-order chi connectivity index (χ1) is 26.2. The van der Waals surface area contributed by atoms with Gasteiger partial charge in [-0.1, -0.05) is 114 Å². The molecular weight excluding hydrogens is 697 g/mol. The number of carboxylic acid groups (broad SMARTS) is 1. The van der Waals surface area contributed by atoms with E-state index in [4.69, 9.17) is 4.74 Å². The van der Waals surface area contributed by atoms with Gasteiger partial charge in [-0.3, -0.25) is 19.2 Å². The maximum absolute atomic E-state index is 12.7. The third-order valence-electron chi connectivity index (χ3n) is 10.2. The quantitative estimate of drug-likeness (QED) is 0.101. The van der Waals surface area contributed by atoms with E-state index in [0.29, 0.717) is 22.9 Å². The van der Waals surface area contributed by atoms with Gasteiger partial charge in [-0.15, -0.1) is 0 Å². The lowest BCUT2D eigenvalue weighted by atomic mass is 10.0. The minimum atomic E-state index is -0.882. The van der Waals surface area contributed by atoms with Crippen molar-refractivity contribution >= 4 is 44.7 Å². The van der Waals surface area contributed by atoms with Crippen LogP contribution in [0.2, 0.25) is 0 Å². The van der Waals surface area contributed by atoms with Gasteiger partial charge in [0.15, 0.2) is 10.9 Å². The fourth-order valence-electron chi connectivity index (χ4n) is 7.15. The molecule has 0 spiro atoms. The normalized spacial score (nSPS) is 12.3. The molecule has 1 aliphatic rings. The fourth-order valence-corrected chi connectivity index (χ4v) is 7.41. The zero-order chi connectivity index (χ0) is 39.3. The number of benzene rings is 2. The van der Waals surface area contributed by atoms with Gasteiger partial charge in [0.1, 0.15) is 6.54 Å². The summed E-state index contributed by atoms with van der Waals surface area (Å²) >= 11 is 1.25. The first kappa shape index (κ1) is 44.7. The Hall–Kier alpha value is -3.69. The number of thioether (sulfide) groups is 1. The molecule has 0 amide bonds. The summed E-state index contributed by atoms with van der Waals surface area (Å²) in [6.45, 7) is 10.4. The van der Waals surface area contributed by atoms with Crippen LogP contribution >= 0.6 is 11.8 Å². The summed E-state index contributed by atoms with van der Waals surface area (Å²) < 4.78 is 8.82. The maximum atomic E-state index is 12.7. The van der Waals surface area contributed by atoms with Gasteiger partial charge < -0.3 is 19.0 Å². The second-order valence-electron chi connectivity index (χ2n) is 14.3. The molecule has 2 aromatic heterocycles. The molecule has 8 nitrogen and oxygen atoms in total. The number of aliphatic carboxylic acids is 1. The molecule has 1 saturated heterocycles. The average molecular weight is 761 g/mol. The highest BCUT2D eigenvalue weighted by Crippen LogP contribution is 2.21. The number of carbonyl (C=O) groups excluding carboxylic acids is 1. The summed E-state index contributed by atoms with van der Waals surface area (Å²) in [6, 6.07) is 14.9. The van der Waals surface area contributed by atoms with Gasteiger partial charge >= 0.3 is 5.97 Å². The van der Waals surface area contributed by atoms with Gasteiger partial charge in [0.2, 0.25) is 5.12 Å². The van der Waals surface area contributed by atoms with Crippen LogP contribution in [0.5, 0.6) is 0 Å². The van der Waals surface area contributed by atoms with E-state index in [1.807, 2.05) is 62.6 Å². The van der Waals surface area contributed by atoms with Crippen molar-refractivity contribution in [3.8, 4) is 0 Å². The van der Waals surface area contributed by atoms with E-state index >= 15 is 0 Å². The van der Waals surface area contributed by atoms with Crippen molar-refractivity contribution in [3.63, 3.8) is 0 Å². The average Bonchev–Trinajstić information content (AvgIpc) is 3.78. The number of carbonyl (C=O) groups is 2. The summed E-state index contributed by atoms with van der Waals surface area (Å²) in [7, 11) is 0. The molecule has 9 heteroatoms. The lowest BCUT2D eigenvalue weighted by Gasteiger charge is -2.18. The van der Waals surface area contributed by atoms with Crippen molar-refractivity contribution in [1.29, 1.82) is 0 Å². The Morgan fingerprint density at radius 2 is 1.06 bits per heavy atom. The molecular formula is C45H64N2O6S. The van der Waals surface area contributed by atoms with Crippen molar-refractivity contribution in [2.24, 2.45) is 0 Å². The van der Waals surface area contributed by atoms with Crippen LogP contribution in [0, 0.1) is 13.8 Å². The minimum Gasteiger partial charge on any atom is -0.480 e. The molecule has 54 heavy (non-hydrogen) atoms. The predicted octanol–water partition coefficient (Wildman–Crippen LogP) is 10.2. The summed E-state index contributed by atoms with van der Waals surface area (Å²) in [5.74, 6) is -0.882. The molecule has 5 rings (SSSR count). The highest BCUT2D eigenvalue weighted by molar-refractivity contribution is 8.13. The highest BCUT2D eigenvalue weighted by Gasteiger charge is 2.17. The fraction of sp³-hybridized carbons (Fsp3) is 0.556. The molecule has 296 valence electrons. The maximum Gasteiger partial charge on any atom is 0.323 e. The largest absolute Gasteiger partial charge is 0.480 e. The van der Waals surface area contributed by atoms with Crippen molar-refractivity contribution in [2.45, 2.75) is 144 Å². The Morgan fingerprint density at radius 1 is 0.648 bits per heavy atom. The zero-order valence-electron chi connectivity index (χ0n) is 33.6. The number of nitrogens with zero attached hydrogens (tertiary/aromatic N) is 2. The van der Waals surface area contributed by atoms with Gasteiger partial charge in [-0.05, 0) is 82.9 Å². The van der Waals surface area contributed by atoms with Crippen LogP contribution in [0.1, 0.15) is 126 Å². The number of para-hydroxylation sites is 2. The second-order valence-corrected chi connectivity index (χ2v) is 15.2. The monoisotopic (exact) mass is 760 g/mol. The van der Waals surface area contributed by atoms with Crippen LogP contribution < -0.4 is 10.9 Å². The Bertz CT molecular complexity index is 1880. The van der Waals surface area contributed by atoms with Crippen LogP contribution in [0.15, 0.2) is 58.1 Å². The van der Waals surface area contributed by atoms with E-state index in [9.17, 15) is 24.3 Å². The van der Waals surface area contributed by atoms with Gasteiger partial charge in [0.05, 0.1) is 17.6 Å². The van der Waals surface area contributed by atoms with Gasteiger partial charge in [0.25, 0.3) is 0 Å². The molecule has 0 unspecified atom stereocenters. The van der Waals surface area contributed by atoms with E-state index in [0.717, 1.165) is 73.3 Å². The van der Waals surface area contributed by atoms with E-state index in [2.05, 4.69) is 18.4 Å².